The van der Waals surface area contributed by atoms with Crippen molar-refractivity contribution in [2.45, 2.75) is 51.9 Å². The van der Waals surface area contributed by atoms with Gasteiger partial charge in [0.25, 0.3) is 0 Å². The van der Waals surface area contributed by atoms with Crippen LogP contribution in [0.15, 0.2) is 0 Å². The fourth-order valence-corrected chi connectivity index (χ4v) is 3.07. The molecule has 2 rings (SSSR count). The Bertz CT molecular complexity index is 226. The molecule has 2 aliphatic carbocycles. The topological polar surface area (TPSA) is 37.3 Å². The van der Waals surface area contributed by atoms with E-state index in [1.54, 1.807) is 0 Å². The van der Waals surface area contributed by atoms with E-state index in [4.69, 9.17) is 5.11 Å². The highest BCUT2D eigenvalue weighted by atomic mass is 16.4. The lowest BCUT2D eigenvalue weighted by Crippen LogP contribution is -2.20. The monoisotopic (exact) mass is 182 g/mol. The van der Waals surface area contributed by atoms with Gasteiger partial charge in [-0.05, 0) is 31.6 Å². The predicted molar refractivity (Wildman–Crippen MR) is 50.5 cm³/mol. The molecule has 0 heterocycles. The predicted octanol–water partition coefficient (Wildman–Crippen LogP) is 2.82. The lowest BCUT2D eigenvalue weighted by atomic mass is 9.87. The minimum Gasteiger partial charge on any atom is -0.481 e. The van der Waals surface area contributed by atoms with Crippen molar-refractivity contribution in [2.24, 2.45) is 10.8 Å². The Morgan fingerprint density at radius 1 is 1.15 bits per heavy atom. The number of aliphatic carboxylic acids is 1. The average molecular weight is 182 g/mol. The van der Waals surface area contributed by atoms with Crippen LogP contribution in [0.2, 0.25) is 0 Å². The van der Waals surface area contributed by atoms with Crippen molar-refractivity contribution < 1.29 is 9.90 Å². The van der Waals surface area contributed by atoms with E-state index in [0.717, 1.165) is 19.3 Å². The molecule has 1 N–H and O–H groups in total. The van der Waals surface area contributed by atoms with Crippen molar-refractivity contribution in [1.29, 1.82) is 0 Å². The van der Waals surface area contributed by atoms with Gasteiger partial charge in [-0.2, -0.15) is 0 Å². The highest BCUT2D eigenvalue weighted by Gasteiger charge is 2.67. The maximum atomic E-state index is 11.1. The fourth-order valence-electron chi connectivity index (χ4n) is 3.07. The van der Waals surface area contributed by atoms with E-state index in [2.05, 4.69) is 0 Å². The van der Waals surface area contributed by atoms with Crippen LogP contribution in [0.25, 0.3) is 0 Å². The molecule has 0 aromatic heterocycles. The van der Waals surface area contributed by atoms with Gasteiger partial charge in [0, 0.05) is 0 Å². The van der Waals surface area contributed by atoms with Gasteiger partial charge in [0.15, 0.2) is 0 Å². The molecule has 74 valence electrons. The molecule has 2 saturated carbocycles. The average Bonchev–Trinajstić information content (AvgIpc) is 2.74. The van der Waals surface area contributed by atoms with Crippen LogP contribution >= 0.6 is 0 Å². The summed E-state index contributed by atoms with van der Waals surface area (Å²) < 4.78 is 0. The van der Waals surface area contributed by atoms with Gasteiger partial charge in [-0.25, -0.2) is 0 Å². The number of rotatable bonds is 1. The summed E-state index contributed by atoms with van der Waals surface area (Å²) in [5.41, 5.74) is -0.188. The molecule has 0 radical (unpaired) electrons. The molecule has 1 spiro atoms. The molecule has 13 heavy (non-hydrogen) atoms. The van der Waals surface area contributed by atoms with Crippen molar-refractivity contribution in [2.75, 3.05) is 0 Å². The summed E-state index contributed by atoms with van der Waals surface area (Å²) in [4.78, 5) is 11.1. The van der Waals surface area contributed by atoms with Crippen molar-refractivity contribution in [3.63, 3.8) is 0 Å². The van der Waals surface area contributed by atoms with Gasteiger partial charge in [0.05, 0.1) is 5.41 Å². The smallest absolute Gasteiger partial charge is 0.309 e. The van der Waals surface area contributed by atoms with E-state index in [0.29, 0.717) is 0 Å². The molecule has 2 nitrogen and oxygen atoms in total. The van der Waals surface area contributed by atoms with Crippen molar-refractivity contribution >= 4 is 5.97 Å². The molecule has 0 bridgehead atoms. The fraction of sp³-hybridized carbons (Fsp3) is 0.909. The molecule has 1 unspecified atom stereocenters. The summed E-state index contributed by atoms with van der Waals surface area (Å²) in [6.07, 6.45) is 8.31. The molecule has 0 saturated heterocycles. The molecule has 1 atom stereocenters. The largest absolute Gasteiger partial charge is 0.481 e. The summed E-state index contributed by atoms with van der Waals surface area (Å²) >= 11 is 0. The Hall–Kier alpha value is -0.530. The van der Waals surface area contributed by atoms with Crippen LogP contribution in [-0.2, 0) is 4.79 Å². The first-order valence-corrected chi connectivity index (χ1v) is 5.34. The van der Waals surface area contributed by atoms with Crippen molar-refractivity contribution in [3.05, 3.63) is 0 Å². The highest BCUT2D eigenvalue weighted by Crippen LogP contribution is 2.69. The Morgan fingerprint density at radius 3 is 2.08 bits per heavy atom. The third kappa shape index (κ3) is 1.18. The molecule has 0 aromatic rings. The van der Waals surface area contributed by atoms with Gasteiger partial charge >= 0.3 is 5.97 Å². The van der Waals surface area contributed by atoms with Crippen LogP contribution in [0.3, 0.4) is 0 Å². The van der Waals surface area contributed by atoms with Crippen LogP contribution in [0, 0.1) is 10.8 Å². The molecular formula is C11H18O2. The second-order valence-electron chi connectivity index (χ2n) is 5.01. The van der Waals surface area contributed by atoms with Crippen LogP contribution in [0.1, 0.15) is 51.9 Å². The first-order chi connectivity index (χ1) is 6.11. The van der Waals surface area contributed by atoms with Crippen LogP contribution < -0.4 is 0 Å². The lowest BCUT2D eigenvalue weighted by molar-refractivity contribution is -0.144. The van der Waals surface area contributed by atoms with Crippen molar-refractivity contribution in [3.8, 4) is 0 Å². The second kappa shape index (κ2) is 2.73. The Kier molecular flexibility index (Phi) is 1.90. The standard InChI is InChI=1S/C11H18O2/c1-10(9(12)13)8-11(10)6-4-2-3-5-7-11/h2-8H2,1H3,(H,12,13). The van der Waals surface area contributed by atoms with Gasteiger partial charge in [0.1, 0.15) is 0 Å². The van der Waals surface area contributed by atoms with Gasteiger partial charge in [-0.1, -0.05) is 25.7 Å². The minimum atomic E-state index is -0.575. The molecule has 0 amide bonds. The summed E-state index contributed by atoms with van der Waals surface area (Å²) in [6.45, 7) is 1.93. The minimum absolute atomic E-state index is 0.190. The summed E-state index contributed by atoms with van der Waals surface area (Å²) in [5, 5.41) is 9.12. The molecule has 0 aromatic carbocycles. The third-order valence-corrected chi connectivity index (χ3v) is 4.27. The maximum Gasteiger partial charge on any atom is 0.309 e. The summed E-state index contributed by atoms with van der Waals surface area (Å²) in [5.74, 6) is -0.575. The number of hydrogen-bond acceptors (Lipinski definition) is 1. The van der Waals surface area contributed by atoms with Crippen LogP contribution in [-0.4, -0.2) is 11.1 Å². The quantitative estimate of drug-likeness (QED) is 0.677. The molecular weight excluding hydrogens is 164 g/mol. The first-order valence-electron chi connectivity index (χ1n) is 5.34. The van der Waals surface area contributed by atoms with E-state index in [1.807, 2.05) is 6.92 Å². The molecule has 0 aliphatic heterocycles. The SMILES string of the molecule is CC1(C(=O)O)CC12CCCCCC2. The number of carboxylic acid groups (broad SMARTS) is 1. The first kappa shape index (κ1) is 9.04. The molecule has 2 fully saturated rings. The van der Waals surface area contributed by atoms with Crippen LogP contribution in [0.4, 0.5) is 0 Å². The lowest BCUT2D eigenvalue weighted by Gasteiger charge is -2.17. The van der Waals surface area contributed by atoms with E-state index >= 15 is 0 Å². The number of carbonyl (C=O) groups is 1. The Labute approximate surface area is 79.3 Å². The molecule has 2 heteroatoms. The second-order valence-corrected chi connectivity index (χ2v) is 5.01. The van der Waals surface area contributed by atoms with Gasteiger partial charge in [-0.3, -0.25) is 4.79 Å². The zero-order chi connectivity index (χ0) is 9.53. The summed E-state index contributed by atoms with van der Waals surface area (Å²) in [6, 6.07) is 0. The van der Waals surface area contributed by atoms with E-state index in [9.17, 15) is 4.79 Å². The van der Waals surface area contributed by atoms with Crippen molar-refractivity contribution in [1.82, 2.24) is 0 Å². The maximum absolute atomic E-state index is 11.1. The van der Waals surface area contributed by atoms with E-state index < -0.39 is 5.97 Å². The highest BCUT2D eigenvalue weighted by molar-refractivity contribution is 5.79. The molecule has 2 aliphatic rings. The third-order valence-electron chi connectivity index (χ3n) is 4.27. The normalized spacial score (nSPS) is 37.0. The van der Waals surface area contributed by atoms with Gasteiger partial charge in [-0.15, -0.1) is 0 Å². The van der Waals surface area contributed by atoms with Gasteiger partial charge in [0.2, 0.25) is 0 Å². The summed E-state index contributed by atoms with van der Waals surface area (Å²) in [7, 11) is 0. The Balaban J connectivity index is 2.11. The van der Waals surface area contributed by atoms with Gasteiger partial charge < -0.3 is 5.11 Å². The Morgan fingerprint density at radius 2 is 1.69 bits per heavy atom. The zero-order valence-corrected chi connectivity index (χ0v) is 8.31. The van der Waals surface area contributed by atoms with Crippen LogP contribution in [0.5, 0.6) is 0 Å². The number of carboxylic acids is 1. The van der Waals surface area contributed by atoms with E-state index in [-0.39, 0.29) is 10.8 Å². The number of hydrogen-bond donors (Lipinski definition) is 1. The zero-order valence-electron chi connectivity index (χ0n) is 8.31. The van der Waals surface area contributed by atoms with E-state index in [1.165, 1.54) is 25.7 Å².